The van der Waals surface area contributed by atoms with Crippen molar-refractivity contribution in [2.24, 2.45) is 0 Å². The van der Waals surface area contributed by atoms with E-state index in [1.807, 2.05) is 54.6 Å². The van der Waals surface area contributed by atoms with Gasteiger partial charge in [-0.3, -0.25) is 19.7 Å². The molecule has 0 unspecified atom stereocenters. The van der Waals surface area contributed by atoms with Gasteiger partial charge in [0.25, 0.3) is 5.69 Å². The Bertz CT molecular complexity index is 1370. The zero-order valence-electron chi connectivity index (χ0n) is 19.5. The van der Waals surface area contributed by atoms with Gasteiger partial charge in [-0.25, -0.2) is 0 Å². The van der Waals surface area contributed by atoms with E-state index < -0.39 is 10.8 Å². The van der Waals surface area contributed by atoms with Crippen molar-refractivity contribution in [1.29, 1.82) is 5.26 Å². The average molecular weight is 515 g/mol. The number of nitrogens with one attached hydrogen (secondary N) is 2. The number of benzene rings is 3. The van der Waals surface area contributed by atoms with Crippen LogP contribution in [0.5, 0.6) is 5.75 Å². The van der Waals surface area contributed by atoms with Crippen LogP contribution in [0.3, 0.4) is 0 Å². The average Bonchev–Trinajstić information content (AvgIpc) is 2.91. The number of amides is 2. The number of nitro groups is 1. The maximum absolute atomic E-state index is 12.4. The maximum Gasteiger partial charge on any atom is 0.269 e. The van der Waals surface area contributed by atoms with Crippen LogP contribution in [0.1, 0.15) is 23.5 Å². The molecule has 186 valence electrons. The largest absolute Gasteiger partial charge is 0.489 e. The summed E-state index contributed by atoms with van der Waals surface area (Å²) in [5, 5.41) is 26.3. The van der Waals surface area contributed by atoms with Crippen molar-refractivity contribution >= 4 is 35.0 Å². The van der Waals surface area contributed by atoms with Gasteiger partial charge in [0.15, 0.2) is 0 Å². The lowest BCUT2D eigenvalue weighted by atomic mass is 9.87. The third kappa shape index (κ3) is 6.74. The Hall–Kier alpha value is -4.62. The number of nitriles is 1. The van der Waals surface area contributed by atoms with E-state index in [1.54, 1.807) is 0 Å². The van der Waals surface area contributed by atoms with Crippen molar-refractivity contribution in [3.63, 3.8) is 0 Å². The minimum Gasteiger partial charge on any atom is -0.489 e. The number of hydrogen-bond donors (Lipinski definition) is 2. The molecule has 1 aliphatic rings. The smallest absolute Gasteiger partial charge is 0.269 e. The summed E-state index contributed by atoms with van der Waals surface area (Å²) in [4.78, 5) is 35.1. The Morgan fingerprint density at radius 2 is 1.81 bits per heavy atom. The second kappa shape index (κ2) is 11.9. The third-order valence-corrected chi connectivity index (χ3v) is 6.61. The number of hydrogen-bond acceptors (Lipinski definition) is 7. The number of thioether (sulfide) groups is 1. The van der Waals surface area contributed by atoms with E-state index in [0.29, 0.717) is 28.6 Å². The summed E-state index contributed by atoms with van der Waals surface area (Å²) in [5.74, 6) is -0.446. The van der Waals surface area contributed by atoms with Gasteiger partial charge in [0.05, 0.1) is 27.3 Å². The first-order valence-corrected chi connectivity index (χ1v) is 12.3. The van der Waals surface area contributed by atoms with Crippen LogP contribution in [0.15, 0.2) is 89.5 Å². The van der Waals surface area contributed by atoms with Crippen molar-refractivity contribution in [3.8, 4) is 11.8 Å². The Labute approximate surface area is 217 Å². The first-order valence-electron chi connectivity index (χ1n) is 11.3. The van der Waals surface area contributed by atoms with Crippen molar-refractivity contribution in [2.45, 2.75) is 18.9 Å². The highest BCUT2D eigenvalue weighted by Crippen LogP contribution is 2.36. The molecule has 0 aliphatic carbocycles. The number of anilines is 1. The summed E-state index contributed by atoms with van der Waals surface area (Å²) >= 11 is 1.06. The number of nitrogens with zero attached hydrogens (tertiary/aromatic N) is 2. The molecule has 1 atom stereocenters. The number of rotatable bonds is 9. The minimum absolute atomic E-state index is 0.0588. The predicted octanol–water partition coefficient (Wildman–Crippen LogP) is 4.88. The molecule has 0 saturated carbocycles. The molecule has 10 heteroatoms. The van der Waals surface area contributed by atoms with E-state index in [2.05, 4.69) is 16.7 Å². The van der Waals surface area contributed by atoms with Crippen molar-refractivity contribution in [3.05, 3.63) is 111 Å². The summed E-state index contributed by atoms with van der Waals surface area (Å²) in [5.41, 5.74) is 2.55. The lowest BCUT2D eigenvalue weighted by Gasteiger charge is -2.25. The van der Waals surface area contributed by atoms with Crippen molar-refractivity contribution in [1.82, 2.24) is 5.32 Å². The summed E-state index contributed by atoms with van der Waals surface area (Å²) < 4.78 is 5.82. The van der Waals surface area contributed by atoms with E-state index in [1.165, 1.54) is 24.3 Å². The molecule has 0 bridgehead atoms. The standard InChI is InChI=1S/C27H22N4O5S/c28-15-24-23(19-6-12-22(13-7-19)36-16-18-4-2-1-3-5-18)14-25(32)30-27(24)37-17-26(33)29-20-8-10-21(11-9-20)31(34)35/h1-13,23H,14,16-17H2,(H,29,33)(H,30,32)/t23-/m0/s1. The highest BCUT2D eigenvalue weighted by molar-refractivity contribution is 8.03. The fraction of sp³-hybridized carbons (Fsp3) is 0.148. The van der Waals surface area contributed by atoms with Gasteiger partial charge in [0.1, 0.15) is 12.4 Å². The first-order chi connectivity index (χ1) is 17.9. The highest BCUT2D eigenvalue weighted by Gasteiger charge is 2.30. The van der Waals surface area contributed by atoms with Gasteiger partial charge in [0.2, 0.25) is 11.8 Å². The van der Waals surface area contributed by atoms with E-state index in [4.69, 9.17) is 4.74 Å². The molecule has 3 aromatic rings. The lowest BCUT2D eigenvalue weighted by molar-refractivity contribution is -0.384. The summed E-state index contributed by atoms with van der Waals surface area (Å²) in [6.07, 6.45) is 0.117. The van der Waals surface area contributed by atoms with Gasteiger partial charge in [-0.1, -0.05) is 54.2 Å². The number of carbonyl (C=O) groups excluding carboxylic acids is 2. The van der Waals surface area contributed by atoms with Crippen molar-refractivity contribution in [2.75, 3.05) is 11.1 Å². The highest BCUT2D eigenvalue weighted by atomic mass is 32.2. The molecule has 2 amide bonds. The molecule has 1 aliphatic heterocycles. The number of non-ortho nitro benzene ring substituents is 1. The minimum atomic E-state index is -0.523. The van der Waals surface area contributed by atoms with Crippen LogP contribution in [0.25, 0.3) is 0 Å². The van der Waals surface area contributed by atoms with Crippen LogP contribution in [-0.4, -0.2) is 22.5 Å². The van der Waals surface area contributed by atoms with Gasteiger partial charge in [-0.15, -0.1) is 0 Å². The summed E-state index contributed by atoms with van der Waals surface area (Å²) in [7, 11) is 0. The zero-order chi connectivity index (χ0) is 26.2. The molecule has 0 spiro atoms. The Balaban J connectivity index is 1.41. The number of nitro benzene ring substituents is 1. The molecule has 0 fully saturated rings. The van der Waals surface area contributed by atoms with E-state index in [0.717, 1.165) is 22.9 Å². The molecular formula is C27H22N4O5S. The molecule has 9 nitrogen and oxygen atoms in total. The predicted molar refractivity (Wildman–Crippen MR) is 140 cm³/mol. The Kier molecular flexibility index (Phi) is 8.18. The molecule has 1 heterocycles. The summed E-state index contributed by atoms with van der Waals surface area (Å²) in [6, 6.07) is 24.7. The molecule has 37 heavy (non-hydrogen) atoms. The van der Waals surface area contributed by atoms with Gasteiger partial charge >= 0.3 is 0 Å². The van der Waals surface area contributed by atoms with Crippen LogP contribution in [0.2, 0.25) is 0 Å². The van der Waals surface area contributed by atoms with Crippen LogP contribution < -0.4 is 15.4 Å². The van der Waals surface area contributed by atoms with Crippen LogP contribution in [-0.2, 0) is 16.2 Å². The van der Waals surface area contributed by atoms with Gasteiger partial charge in [-0.2, -0.15) is 5.26 Å². The second-order valence-corrected chi connectivity index (χ2v) is 9.13. The van der Waals surface area contributed by atoms with Crippen molar-refractivity contribution < 1.29 is 19.2 Å². The first kappa shape index (κ1) is 25.5. The molecule has 4 rings (SSSR count). The van der Waals surface area contributed by atoms with Crippen LogP contribution in [0.4, 0.5) is 11.4 Å². The SMILES string of the molecule is N#CC1=C(SCC(=O)Nc2ccc([N+](=O)[O-])cc2)NC(=O)C[C@H]1c1ccc(OCc2ccccc2)cc1. The second-order valence-electron chi connectivity index (χ2n) is 8.14. The maximum atomic E-state index is 12.4. The van der Waals surface area contributed by atoms with E-state index >= 15 is 0 Å². The van der Waals surface area contributed by atoms with E-state index in [9.17, 15) is 25.0 Å². The lowest BCUT2D eigenvalue weighted by Crippen LogP contribution is -2.31. The van der Waals surface area contributed by atoms with Crippen LogP contribution in [0, 0.1) is 21.4 Å². The van der Waals surface area contributed by atoms with E-state index in [-0.39, 0.29) is 29.7 Å². The third-order valence-electron chi connectivity index (χ3n) is 5.60. The fourth-order valence-electron chi connectivity index (χ4n) is 3.76. The van der Waals surface area contributed by atoms with Gasteiger partial charge < -0.3 is 15.4 Å². The summed E-state index contributed by atoms with van der Waals surface area (Å²) in [6.45, 7) is 0.429. The normalized spacial score (nSPS) is 14.9. The number of ether oxygens (including phenoxy) is 1. The molecule has 2 N–H and O–H groups in total. The molecule has 3 aromatic carbocycles. The quantitative estimate of drug-likeness (QED) is 0.307. The Morgan fingerprint density at radius 1 is 1.11 bits per heavy atom. The van der Waals surface area contributed by atoms with Crippen LogP contribution >= 0.6 is 11.8 Å². The molecular weight excluding hydrogens is 492 g/mol. The molecule has 0 radical (unpaired) electrons. The monoisotopic (exact) mass is 514 g/mol. The molecule has 0 saturated heterocycles. The molecule has 0 aromatic heterocycles. The fourth-order valence-corrected chi connectivity index (χ4v) is 4.63. The Morgan fingerprint density at radius 3 is 2.46 bits per heavy atom. The van der Waals surface area contributed by atoms with Gasteiger partial charge in [0, 0.05) is 30.2 Å². The number of carbonyl (C=O) groups is 2. The van der Waals surface area contributed by atoms with Gasteiger partial charge in [-0.05, 0) is 35.4 Å². The number of allylic oxidation sites excluding steroid dienone is 1. The zero-order valence-corrected chi connectivity index (χ0v) is 20.4. The topological polar surface area (TPSA) is 134 Å².